The van der Waals surface area contributed by atoms with E-state index < -0.39 is 0 Å². The first-order valence-corrected chi connectivity index (χ1v) is 8.02. The maximum absolute atomic E-state index is 5.75. The average Bonchev–Trinajstić information content (AvgIpc) is 3.12. The maximum atomic E-state index is 5.75. The zero-order valence-electron chi connectivity index (χ0n) is 11.9. The van der Waals surface area contributed by atoms with E-state index in [0.29, 0.717) is 12.6 Å². The van der Waals surface area contributed by atoms with Crippen molar-refractivity contribution in [3.8, 4) is 16.5 Å². The summed E-state index contributed by atoms with van der Waals surface area (Å²) < 4.78 is 7.84. The normalized spacial score (nSPS) is 14.8. The number of ether oxygens (including phenoxy) is 1. The van der Waals surface area contributed by atoms with Crippen LogP contribution in [0.25, 0.3) is 21.7 Å². The third-order valence-electron chi connectivity index (χ3n) is 3.95. The summed E-state index contributed by atoms with van der Waals surface area (Å²) in [5.74, 6) is 1.92. The number of nitrogens with zero attached hydrogens (tertiary/aromatic N) is 2. The summed E-state index contributed by atoms with van der Waals surface area (Å²) in [5.41, 5.74) is 9.08. The van der Waals surface area contributed by atoms with Crippen molar-refractivity contribution in [3.05, 3.63) is 35.2 Å². The van der Waals surface area contributed by atoms with Gasteiger partial charge in [-0.1, -0.05) is 6.07 Å². The Labute approximate surface area is 127 Å². The Morgan fingerprint density at radius 2 is 2.24 bits per heavy atom. The molecule has 1 aliphatic rings. The molecule has 4 rings (SSSR count). The van der Waals surface area contributed by atoms with Gasteiger partial charge in [-0.15, -0.1) is 11.3 Å². The van der Waals surface area contributed by atoms with Gasteiger partial charge in [0.1, 0.15) is 10.6 Å². The number of hydrogen-bond acceptors (Lipinski definition) is 4. The number of nitrogens with two attached hydrogens (primary N) is 1. The maximum Gasteiger partial charge on any atom is 0.155 e. The second-order valence-electron chi connectivity index (χ2n) is 5.38. The number of thiophene rings is 1. The fourth-order valence-corrected chi connectivity index (χ4v) is 3.60. The quantitative estimate of drug-likeness (QED) is 0.801. The molecule has 5 heteroatoms. The molecule has 0 amide bonds. The molecule has 4 nitrogen and oxygen atoms in total. The van der Waals surface area contributed by atoms with Crippen molar-refractivity contribution in [2.24, 2.45) is 5.73 Å². The van der Waals surface area contributed by atoms with E-state index in [1.165, 1.54) is 18.4 Å². The monoisotopic (exact) mass is 299 g/mol. The molecule has 2 N–H and O–H groups in total. The van der Waals surface area contributed by atoms with Crippen LogP contribution < -0.4 is 10.5 Å². The van der Waals surface area contributed by atoms with Crippen LogP contribution in [0.3, 0.4) is 0 Å². The lowest BCUT2D eigenvalue weighted by Crippen LogP contribution is -1.98. The first-order valence-electron chi connectivity index (χ1n) is 7.14. The highest BCUT2D eigenvalue weighted by Gasteiger charge is 2.30. The molecule has 1 fully saturated rings. The van der Waals surface area contributed by atoms with Crippen LogP contribution in [-0.4, -0.2) is 16.7 Å². The summed E-state index contributed by atoms with van der Waals surface area (Å²) in [5, 5.41) is 2.05. The van der Waals surface area contributed by atoms with Crippen molar-refractivity contribution < 1.29 is 4.74 Å². The second kappa shape index (κ2) is 4.86. The summed E-state index contributed by atoms with van der Waals surface area (Å²) >= 11 is 1.68. The number of benzene rings is 1. The van der Waals surface area contributed by atoms with Gasteiger partial charge >= 0.3 is 0 Å². The number of aromatic nitrogens is 2. The van der Waals surface area contributed by atoms with Crippen molar-refractivity contribution in [1.29, 1.82) is 0 Å². The Hall–Kier alpha value is -1.85. The highest BCUT2D eigenvalue weighted by Crippen LogP contribution is 2.44. The van der Waals surface area contributed by atoms with Crippen molar-refractivity contribution in [3.63, 3.8) is 0 Å². The Kier molecular flexibility index (Phi) is 2.97. The van der Waals surface area contributed by atoms with Gasteiger partial charge in [-0.25, -0.2) is 4.98 Å². The lowest BCUT2D eigenvalue weighted by atomic mass is 10.2. The highest BCUT2D eigenvalue weighted by molar-refractivity contribution is 7.13. The van der Waals surface area contributed by atoms with Crippen molar-refractivity contribution in [2.75, 3.05) is 7.11 Å². The number of imidazole rings is 1. The molecule has 3 aromatic rings. The Balaban J connectivity index is 1.97. The van der Waals surface area contributed by atoms with Gasteiger partial charge in [0.05, 0.1) is 18.1 Å². The molecule has 0 radical (unpaired) electrons. The van der Waals surface area contributed by atoms with E-state index in [1.54, 1.807) is 18.4 Å². The van der Waals surface area contributed by atoms with Crippen molar-refractivity contribution in [2.45, 2.75) is 25.4 Å². The molecule has 0 atom stereocenters. The van der Waals surface area contributed by atoms with Crippen LogP contribution in [0.1, 0.15) is 24.4 Å². The minimum Gasteiger partial charge on any atom is -0.495 e. The zero-order chi connectivity index (χ0) is 14.4. The standard InChI is InChI=1S/C16H17N3OS/c1-20-14-6-7-21-15(14)16-18-12-8-10(9-17)2-5-13(12)19(16)11-3-4-11/h2,5-8,11H,3-4,9,17H2,1H3. The summed E-state index contributed by atoms with van der Waals surface area (Å²) in [6.07, 6.45) is 2.45. The molecular weight excluding hydrogens is 282 g/mol. The molecular formula is C16H17N3OS. The summed E-state index contributed by atoms with van der Waals surface area (Å²) in [7, 11) is 1.71. The largest absolute Gasteiger partial charge is 0.495 e. The van der Waals surface area contributed by atoms with Crippen LogP contribution in [0, 0.1) is 0 Å². The predicted octanol–water partition coefficient (Wildman–Crippen LogP) is 3.57. The van der Waals surface area contributed by atoms with Crippen molar-refractivity contribution >= 4 is 22.4 Å². The van der Waals surface area contributed by atoms with Gasteiger partial charge < -0.3 is 15.0 Å². The molecule has 21 heavy (non-hydrogen) atoms. The van der Waals surface area contributed by atoms with E-state index in [-0.39, 0.29) is 0 Å². The lowest BCUT2D eigenvalue weighted by molar-refractivity contribution is 0.417. The minimum atomic E-state index is 0.546. The van der Waals surface area contributed by atoms with E-state index in [0.717, 1.165) is 27.5 Å². The third kappa shape index (κ3) is 2.04. The van der Waals surface area contributed by atoms with Crippen LogP contribution in [0.15, 0.2) is 29.6 Å². The average molecular weight is 299 g/mol. The smallest absolute Gasteiger partial charge is 0.155 e. The number of rotatable bonds is 4. The third-order valence-corrected chi connectivity index (χ3v) is 4.85. The van der Waals surface area contributed by atoms with Gasteiger partial charge in [-0.3, -0.25) is 0 Å². The molecule has 0 spiro atoms. The van der Waals surface area contributed by atoms with Crippen LogP contribution in [0.2, 0.25) is 0 Å². The molecule has 2 heterocycles. The van der Waals surface area contributed by atoms with Gasteiger partial charge in [0, 0.05) is 12.6 Å². The number of hydrogen-bond donors (Lipinski definition) is 1. The van der Waals surface area contributed by atoms with E-state index in [4.69, 9.17) is 15.5 Å². The van der Waals surface area contributed by atoms with Gasteiger partial charge in [0.15, 0.2) is 5.82 Å². The Bertz CT molecular complexity index is 801. The molecule has 2 aromatic heterocycles. The first kappa shape index (κ1) is 12.9. The topological polar surface area (TPSA) is 53.1 Å². The summed E-state index contributed by atoms with van der Waals surface area (Å²) in [6.45, 7) is 0.546. The van der Waals surface area contributed by atoms with Crippen LogP contribution in [-0.2, 0) is 6.54 Å². The molecule has 0 bridgehead atoms. The van der Waals surface area contributed by atoms with Crippen LogP contribution in [0.5, 0.6) is 5.75 Å². The van der Waals surface area contributed by atoms with Crippen LogP contribution >= 0.6 is 11.3 Å². The minimum absolute atomic E-state index is 0.546. The molecule has 0 aliphatic heterocycles. The van der Waals surface area contributed by atoms with Crippen molar-refractivity contribution in [1.82, 2.24) is 9.55 Å². The molecule has 1 aliphatic carbocycles. The summed E-state index contributed by atoms with van der Waals surface area (Å²) in [4.78, 5) is 5.98. The second-order valence-corrected chi connectivity index (χ2v) is 6.30. The number of methoxy groups -OCH3 is 1. The molecule has 1 aromatic carbocycles. The fourth-order valence-electron chi connectivity index (χ4n) is 2.76. The number of fused-ring (bicyclic) bond motifs is 1. The first-order chi connectivity index (χ1) is 10.3. The lowest BCUT2D eigenvalue weighted by Gasteiger charge is -2.07. The van der Waals surface area contributed by atoms with E-state index in [1.807, 2.05) is 6.07 Å². The zero-order valence-corrected chi connectivity index (χ0v) is 12.7. The fraction of sp³-hybridized carbons (Fsp3) is 0.312. The Morgan fingerprint density at radius 3 is 2.95 bits per heavy atom. The van der Waals surface area contributed by atoms with Gasteiger partial charge in [-0.2, -0.15) is 0 Å². The molecule has 0 saturated heterocycles. The van der Waals surface area contributed by atoms with Gasteiger partial charge in [-0.05, 0) is 42.0 Å². The van der Waals surface area contributed by atoms with E-state index >= 15 is 0 Å². The molecule has 1 saturated carbocycles. The van der Waals surface area contributed by atoms with Crippen LogP contribution in [0.4, 0.5) is 0 Å². The molecule has 108 valence electrons. The van der Waals surface area contributed by atoms with E-state index in [9.17, 15) is 0 Å². The summed E-state index contributed by atoms with van der Waals surface area (Å²) in [6, 6.07) is 8.91. The molecule has 0 unspecified atom stereocenters. The highest BCUT2D eigenvalue weighted by atomic mass is 32.1. The van der Waals surface area contributed by atoms with Gasteiger partial charge in [0.2, 0.25) is 0 Å². The SMILES string of the molecule is COc1ccsc1-c1nc2cc(CN)ccc2n1C1CC1. The van der Waals surface area contributed by atoms with Gasteiger partial charge in [0.25, 0.3) is 0 Å². The van der Waals surface area contributed by atoms with E-state index in [2.05, 4.69) is 28.1 Å². The predicted molar refractivity (Wildman–Crippen MR) is 85.8 cm³/mol. The Morgan fingerprint density at radius 1 is 1.38 bits per heavy atom.